The first-order chi connectivity index (χ1) is 8.45. The smallest absolute Gasteiger partial charge is 0.491 e. The molecular weight excluding hydrogens is 248 g/mol. The summed E-state index contributed by atoms with van der Waals surface area (Å²) in [5.74, 6) is -3.32. The minimum atomic E-state index is -1.71. The second-order valence-corrected chi connectivity index (χ2v) is 3.00. The monoisotopic (exact) mass is 258 g/mol. The highest BCUT2D eigenvalue weighted by Crippen LogP contribution is 2.17. The number of hydrazine groups is 1. The van der Waals surface area contributed by atoms with Gasteiger partial charge in [0.05, 0.1) is 13.7 Å². The molecule has 9 nitrogen and oxygen atoms in total. The first kappa shape index (κ1) is 13.4. The van der Waals surface area contributed by atoms with Crippen LogP contribution in [0.2, 0.25) is 0 Å². The SMILES string of the molecule is COC1=C(OC(=O)O)N(NC(=O)C(=O)O)CC=C1. The molecule has 0 spiro atoms. The van der Waals surface area contributed by atoms with Crippen molar-refractivity contribution in [3.63, 3.8) is 0 Å². The molecule has 0 aromatic rings. The molecule has 18 heavy (non-hydrogen) atoms. The van der Waals surface area contributed by atoms with Gasteiger partial charge in [-0.05, 0) is 6.08 Å². The second kappa shape index (κ2) is 5.57. The van der Waals surface area contributed by atoms with Gasteiger partial charge in [0.1, 0.15) is 0 Å². The Kier molecular flexibility index (Phi) is 4.13. The van der Waals surface area contributed by atoms with Gasteiger partial charge in [0.15, 0.2) is 5.76 Å². The molecule has 1 rings (SSSR count). The lowest BCUT2D eigenvalue weighted by molar-refractivity contribution is -0.152. The molecule has 0 saturated carbocycles. The quantitative estimate of drug-likeness (QED) is 0.456. The first-order valence-electron chi connectivity index (χ1n) is 4.62. The normalized spacial score (nSPS) is 14.2. The molecule has 3 N–H and O–H groups in total. The van der Waals surface area contributed by atoms with E-state index in [2.05, 4.69) is 4.74 Å². The lowest BCUT2D eigenvalue weighted by Crippen LogP contribution is -2.46. The Morgan fingerprint density at radius 2 is 2.06 bits per heavy atom. The Balaban J connectivity index is 2.93. The number of carboxylic acids is 1. The fourth-order valence-corrected chi connectivity index (χ4v) is 1.16. The summed E-state index contributed by atoms with van der Waals surface area (Å²) in [5, 5.41) is 17.9. The molecule has 1 aliphatic heterocycles. The van der Waals surface area contributed by atoms with Crippen molar-refractivity contribution >= 4 is 18.0 Å². The summed E-state index contributed by atoms with van der Waals surface area (Å²) in [6, 6.07) is 0. The number of nitrogens with one attached hydrogen (secondary N) is 1. The molecule has 1 aliphatic rings. The Morgan fingerprint density at radius 1 is 1.39 bits per heavy atom. The maximum Gasteiger partial charge on any atom is 0.512 e. The zero-order valence-electron chi connectivity index (χ0n) is 9.24. The van der Waals surface area contributed by atoms with E-state index in [-0.39, 0.29) is 18.2 Å². The Hall–Kier alpha value is -2.71. The minimum Gasteiger partial charge on any atom is -0.491 e. The van der Waals surface area contributed by atoms with Crippen LogP contribution in [0.3, 0.4) is 0 Å². The standard InChI is InChI=1S/C9H10N2O7/c1-17-5-3-2-4-11(7(5)18-9(15)16)10-6(12)8(13)14/h2-3H,4H2,1H3,(H,10,12)(H,13,14)(H,15,16). The van der Waals surface area contributed by atoms with Crippen LogP contribution in [0.4, 0.5) is 4.79 Å². The number of methoxy groups -OCH3 is 1. The number of ether oxygens (including phenoxy) is 2. The third-order valence-electron chi connectivity index (χ3n) is 1.85. The van der Waals surface area contributed by atoms with E-state index >= 15 is 0 Å². The summed E-state index contributed by atoms with van der Waals surface area (Å²) in [6.45, 7) is 0.0362. The van der Waals surface area contributed by atoms with Crippen LogP contribution in [0.25, 0.3) is 0 Å². The largest absolute Gasteiger partial charge is 0.512 e. The van der Waals surface area contributed by atoms with E-state index in [1.165, 1.54) is 19.3 Å². The maximum atomic E-state index is 11.0. The van der Waals surface area contributed by atoms with Crippen LogP contribution in [0.15, 0.2) is 23.8 Å². The van der Waals surface area contributed by atoms with E-state index in [0.29, 0.717) is 0 Å². The number of carbonyl (C=O) groups excluding carboxylic acids is 1. The van der Waals surface area contributed by atoms with Crippen molar-refractivity contribution in [2.24, 2.45) is 0 Å². The number of amides is 1. The van der Waals surface area contributed by atoms with E-state index in [0.717, 1.165) is 5.01 Å². The van der Waals surface area contributed by atoms with Gasteiger partial charge in [-0.2, -0.15) is 0 Å². The zero-order valence-corrected chi connectivity index (χ0v) is 9.24. The molecule has 0 unspecified atom stereocenters. The van der Waals surface area contributed by atoms with Gasteiger partial charge < -0.3 is 19.7 Å². The third kappa shape index (κ3) is 3.14. The van der Waals surface area contributed by atoms with Crippen LogP contribution in [-0.2, 0) is 19.1 Å². The molecule has 0 saturated heterocycles. The summed E-state index contributed by atoms with van der Waals surface area (Å²) in [7, 11) is 1.27. The van der Waals surface area contributed by atoms with E-state index in [9.17, 15) is 14.4 Å². The average molecular weight is 258 g/mol. The molecule has 9 heteroatoms. The Morgan fingerprint density at radius 3 is 2.56 bits per heavy atom. The Bertz CT molecular complexity index is 440. The number of nitrogens with zero attached hydrogens (tertiary/aromatic N) is 1. The summed E-state index contributed by atoms with van der Waals surface area (Å²) in [5.41, 5.74) is 1.96. The molecule has 1 amide bonds. The van der Waals surface area contributed by atoms with Gasteiger partial charge in [-0.15, -0.1) is 0 Å². The molecule has 0 aromatic heterocycles. The van der Waals surface area contributed by atoms with Crippen LogP contribution in [-0.4, -0.2) is 46.9 Å². The lowest BCUT2D eigenvalue weighted by atomic mass is 10.3. The number of rotatable bonds is 3. The maximum absolute atomic E-state index is 11.0. The molecule has 0 aliphatic carbocycles. The van der Waals surface area contributed by atoms with Gasteiger partial charge in [0.25, 0.3) is 5.88 Å². The average Bonchev–Trinajstić information content (AvgIpc) is 2.30. The predicted octanol–water partition coefficient (Wildman–Crippen LogP) is -0.516. The number of aliphatic carboxylic acids is 1. The summed E-state index contributed by atoms with van der Waals surface area (Å²) in [4.78, 5) is 31.9. The highest BCUT2D eigenvalue weighted by molar-refractivity contribution is 6.31. The number of hydrogen-bond donors (Lipinski definition) is 3. The van der Waals surface area contributed by atoms with Gasteiger partial charge >= 0.3 is 18.0 Å². The topological polar surface area (TPSA) is 125 Å². The molecule has 0 radical (unpaired) electrons. The fraction of sp³-hybridized carbons (Fsp3) is 0.222. The van der Waals surface area contributed by atoms with Crippen LogP contribution in [0.5, 0.6) is 0 Å². The number of allylic oxidation sites excluding steroid dienone is 1. The van der Waals surface area contributed by atoms with Gasteiger partial charge in [-0.25, -0.2) is 14.6 Å². The predicted molar refractivity (Wildman–Crippen MR) is 54.8 cm³/mol. The van der Waals surface area contributed by atoms with E-state index in [1.807, 2.05) is 5.43 Å². The van der Waals surface area contributed by atoms with Crippen molar-refractivity contribution < 1.29 is 34.1 Å². The third-order valence-corrected chi connectivity index (χ3v) is 1.85. The minimum absolute atomic E-state index is 0.0362. The number of hydrogen-bond acceptors (Lipinski definition) is 6. The summed E-state index contributed by atoms with van der Waals surface area (Å²) in [6.07, 6.45) is 1.33. The molecule has 0 bridgehead atoms. The van der Waals surface area contributed by atoms with E-state index < -0.39 is 18.0 Å². The highest BCUT2D eigenvalue weighted by Gasteiger charge is 2.25. The van der Waals surface area contributed by atoms with E-state index in [4.69, 9.17) is 14.9 Å². The van der Waals surface area contributed by atoms with Crippen molar-refractivity contribution in [1.82, 2.24) is 10.4 Å². The van der Waals surface area contributed by atoms with Crippen molar-refractivity contribution in [2.45, 2.75) is 0 Å². The molecule has 1 heterocycles. The van der Waals surface area contributed by atoms with E-state index in [1.54, 1.807) is 0 Å². The second-order valence-electron chi connectivity index (χ2n) is 3.00. The van der Waals surface area contributed by atoms with Crippen molar-refractivity contribution in [2.75, 3.05) is 13.7 Å². The van der Waals surface area contributed by atoms with Crippen LogP contribution in [0, 0.1) is 0 Å². The van der Waals surface area contributed by atoms with Gasteiger partial charge in [-0.1, -0.05) is 6.08 Å². The van der Waals surface area contributed by atoms with Crippen LogP contribution >= 0.6 is 0 Å². The van der Waals surface area contributed by atoms with Crippen LogP contribution in [0.1, 0.15) is 0 Å². The molecular formula is C9H10N2O7. The van der Waals surface area contributed by atoms with Crippen molar-refractivity contribution in [3.05, 3.63) is 23.8 Å². The molecule has 0 fully saturated rings. The summed E-state index contributed by atoms with van der Waals surface area (Å²) >= 11 is 0. The first-order valence-corrected chi connectivity index (χ1v) is 4.62. The highest BCUT2D eigenvalue weighted by atomic mass is 16.7. The van der Waals surface area contributed by atoms with Gasteiger partial charge in [0, 0.05) is 0 Å². The zero-order chi connectivity index (χ0) is 13.7. The van der Waals surface area contributed by atoms with Gasteiger partial charge in [-0.3, -0.25) is 10.2 Å². The Labute approximate surface area is 101 Å². The van der Waals surface area contributed by atoms with Crippen LogP contribution < -0.4 is 5.43 Å². The molecule has 98 valence electrons. The van der Waals surface area contributed by atoms with Crippen molar-refractivity contribution in [1.29, 1.82) is 0 Å². The van der Waals surface area contributed by atoms with Gasteiger partial charge in [0.2, 0.25) is 0 Å². The molecule has 0 atom stereocenters. The lowest BCUT2D eigenvalue weighted by Gasteiger charge is -2.27. The number of carbonyl (C=O) groups is 3. The summed E-state index contributed by atoms with van der Waals surface area (Å²) < 4.78 is 9.27. The van der Waals surface area contributed by atoms with Crippen molar-refractivity contribution in [3.8, 4) is 0 Å². The number of carboxylic acid groups (broad SMARTS) is 2. The molecule has 0 aromatic carbocycles. The fourth-order valence-electron chi connectivity index (χ4n) is 1.16.